The van der Waals surface area contributed by atoms with Crippen molar-refractivity contribution in [1.82, 2.24) is 4.98 Å². The quantitative estimate of drug-likeness (QED) is 0.719. The number of para-hydroxylation sites is 1. The Balaban J connectivity index is 1.82. The van der Waals surface area contributed by atoms with Crippen molar-refractivity contribution >= 4 is 16.6 Å². The van der Waals surface area contributed by atoms with Crippen molar-refractivity contribution in [3.05, 3.63) is 65.6 Å². The Hall–Kier alpha value is -2.29. The number of H-pyrrole nitrogens is 1. The summed E-state index contributed by atoms with van der Waals surface area (Å²) >= 11 is 0. The van der Waals surface area contributed by atoms with E-state index in [0.717, 1.165) is 16.6 Å². The predicted molar refractivity (Wildman–Crippen MR) is 76.8 cm³/mol. The van der Waals surface area contributed by atoms with Crippen LogP contribution in [0.2, 0.25) is 0 Å². The van der Waals surface area contributed by atoms with E-state index < -0.39 is 0 Å². The fourth-order valence-electron chi connectivity index (χ4n) is 2.25. The molecule has 0 saturated carbocycles. The number of aromatic nitrogens is 1. The van der Waals surface area contributed by atoms with Gasteiger partial charge in [0.2, 0.25) is 0 Å². The summed E-state index contributed by atoms with van der Waals surface area (Å²) in [4.78, 5) is 3.18. The van der Waals surface area contributed by atoms with Gasteiger partial charge in [-0.05, 0) is 41.6 Å². The van der Waals surface area contributed by atoms with E-state index in [2.05, 4.69) is 28.5 Å². The lowest BCUT2D eigenvalue weighted by molar-refractivity contribution is 0.629. The molecule has 0 amide bonds. The van der Waals surface area contributed by atoms with Crippen LogP contribution in [0.25, 0.3) is 10.9 Å². The topological polar surface area (TPSA) is 27.8 Å². The summed E-state index contributed by atoms with van der Waals surface area (Å²) in [5.74, 6) is -0.207. The number of fused-ring (bicyclic) bond motifs is 1. The van der Waals surface area contributed by atoms with Gasteiger partial charge in [-0.3, -0.25) is 0 Å². The first kappa shape index (κ1) is 11.8. The third kappa shape index (κ3) is 2.32. The van der Waals surface area contributed by atoms with Crippen molar-refractivity contribution in [1.29, 1.82) is 0 Å². The maximum atomic E-state index is 13.7. The minimum Gasteiger partial charge on any atom is -0.378 e. The van der Waals surface area contributed by atoms with Crippen molar-refractivity contribution in [2.75, 3.05) is 5.32 Å². The zero-order chi connectivity index (χ0) is 13.2. The third-order valence-electron chi connectivity index (χ3n) is 3.31. The smallest absolute Gasteiger partial charge is 0.146 e. The average molecular weight is 254 g/mol. The largest absolute Gasteiger partial charge is 0.378 e. The summed E-state index contributed by atoms with van der Waals surface area (Å²) in [5, 5.41) is 4.35. The Bertz CT molecular complexity index is 695. The Morgan fingerprint density at radius 1 is 1.16 bits per heavy atom. The van der Waals surface area contributed by atoms with Crippen LogP contribution in [0.15, 0.2) is 48.7 Å². The molecule has 1 heterocycles. The number of rotatable bonds is 3. The molecule has 0 spiro atoms. The maximum Gasteiger partial charge on any atom is 0.146 e. The number of aryl methyl sites for hydroxylation is 1. The summed E-state index contributed by atoms with van der Waals surface area (Å²) in [5.41, 5.74) is 3.72. The van der Waals surface area contributed by atoms with E-state index in [1.54, 1.807) is 6.07 Å². The molecule has 3 aromatic rings. The number of halogens is 1. The molecule has 19 heavy (non-hydrogen) atoms. The predicted octanol–water partition coefficient (Wildman–Crippen LogP) is 4.23. The lowest BCUT2D eigenvalue weighted by Crippen LogP contribution is -2.03. The minimum absolute atomic E-state index is 0.207. The molecular formula is C16H15FN2. The van der Waals surface area contributed by atoms with E-state index in [4.69, 9.17) is 0 Å². The second kappa shape index (κ2) is 4.76. The monoisotopic (exact) mass is 254 g/mol. The Kier molecular flexibility index (Phi) is 2.95. The SMILES string of the molecule is Cc1cccc(F)c1NCc1ccc2cc[nH]c2c1. The molecule has 1 aromatic heterocycles. The molecule has 0 fully saturated rings. The van der Waals surface area contributed by atoms with Crippen LogP contribution >= 0.6 is 0 Å². The minimum atomic E-state index is -0.207. The summed E-state index contributed by atoms with van der Waals surface area (Å²) in [6, 6.07) is 13.3. The van der Waals surface area contributed by atoms with Crippen LogP contribution in [0.4, 0.5) is 10.1 Å². The van der Waals surface area contributed by atoms with Gasteiger partial charge in [0.15, 0.2) is 0 Å². The molecule has 0 atom stereocenters. The molecular weight excluding hydrogens is 239 g/mol. The van der Waals surface area contributed by atoms with Crippen molar-refractivity contribution in [2.45, 2.75) is 13.5 Å². The van der Waals surface area contributed by atoms with E-state index in [0.29, 0.717) is 12.2 Å². The summed E-state index contributed by atoms with van der Waals surface area (Å²) < 4.78 is 13.7. The fourth-order valence-corrected chi connectivity index (χ4v) is 2.25. The van der Waals surface area contributed by atoms with Gasteiger partial charge in [0.05, 0.1) is 5.69 Å². The highest BCUT2D eigenvalue weighted by Gasteiger charge is 2.04. The fraction of sp³-hybridized carbons (Fsp3) is 0.125. The van der Waals surface area contributed by atoms with E-state index in [1.807, 2.05) is 25.3 Å². The molecule has 0 aliphatic rings. The van der Waals surface area contributed by atoms with Gasteiger partial charge in [-0.15, -0.1) is 0 Å². The van der Waals surface area contributed by atoms with Crippen LogP contribution in [0.3, 0.4) is 0 Å². The lowest BCUT2D eigenvalue weighted by Gasteiger charge is -2.10. The number of benzene rings is 2. The van der Waals surface area contributed by atoms with Crippen molar-refractivity contribution < 1.29 is 4.39 Å². The highest BCUT2D eigenvalue weighted by Crippen LogP contribution is 2.20. The number of hydrogen-bond donors (Lipinski definition) is 2. The molecule has 0 aliphatic heterocycles. The van der Waals surface area contributed by atoms with Crippen molar-refractivity contribution in [2.24, 2.45) is 0 Å². The molecule has 96 valence electrons. The number of nitrogens with one attached hydrogen (secondary N) is 2. The first-order valence-electron chi connectivity index (χ1n) is 6.29. The zero-order valence-electron chi connectivity index (χ0n) is 10.7. The molecule has 2 N–H and O–H groups in total. The van der Waals surface area contributed by atoms with Gasteiger partial charge in [0, 0.05) is 18.3 Å². The summed E-state index contributed by atoms with van der Waals surface area (Å²) in [7, 11) is 0. The zero-order valence-corrected chi connectivity index (χ0v) is 10.7. The summed E-state index contributed by atoms with van der Waals surface area (Å²) in [6.45, 7) is 2.51. The molecule has 0 radical (unpaired) electrons. The van der Waals surface area contributed by atoms with Crippen LogP contribution in [0, 0.1) is 12.7 Å². The van der Waals surface area contributed by atoms with Gasteiger partial charge >= 0.3 is 0 Å². The molecule has 3 rings (SSSR count). The molecule has 2 nitrogen and oxygen atoms in total. The van der Waals surface area contributed by atoms with Gasteiger partial charge in [-0.1, -0.05) is 24.3 Å². The Morgan fingerprint density at radius 2 is 2.05 bits per heavy atom. The van der Waals surface area contributed by atoms with Crippen LogP contribution in [0.5, 0.6) is 0 Å². The maximum absolute atomic E-state index is 13.7. The molecule has 3 heteroatoms. The van der Waals surface area contributed by atoms with E-state index in [-0.39, 0.29) is 5.82 Å². The van der Waals surface area contributed by atoms with Crippen LogP contribution in [0.1, 0.15) is 11.1 Å². The highest BCUT2D eigenvalue weighted by atomic mass is 19.1. The third-order valence-corrected chi connectivity index (χ3v) is 3.31. The molecule has 2 aromatic carbocycles. The Morgan fingerprint density at radius 3 is 2.89 bits per heavy atom. The lowest BCUT2D eigenvalue weighted by atomic mass is 10.1. The highest BCUT2D eigenvalue weighted by molar-refractivity contribution is 5.79. The standard InChI is InChI=1S/C16H15FN2/c1-11-3-2-4-14(17)16(11)19-10-12-5-6-13-7-8-18-15(13)9-12/h2-9,18-19H,10H2,1H3. The van der Waals surface area contributed by atoms with Crippen LogP contribution < -0.4 is 5.32 Å². The second-order valence-electron chi connectivity index (χ2n) is 4.68. The van der Waals surface area contributed by atoms with Crippen molar-refractivity contribution in [3.63, 3.8) is 0 Å². The van der Waals surface area contributed by atoms with Gasteiger partial charge in [-0.2, -0.15) is 0 Å². The normalized spacial score (nSPS) is 10.8. The molecule has 0 aliphatic carbocycles. The average Bonchev–Trinajstić information content (AvgIpc) is 2.85. The number of hydrogen-bond acceptors (Lipinski definition) is 1. The van der Waals surface area contributed by atoms with Crippen LogP contribution in [-0.4, -0.2) is 4.98 Å². The molecule has 0 bridgehead atoms. The Labute approximate surface area is 111 Å². The van der Waals surface area contributed by atoms with Crippen LogP contribution in [-0.2, 0) is 6.54 Å². The number of aromatic amines is 1. The first-order valence-corrected chi connectivity index (χ1v) is 6.29. The van der Waals surface area contributed by atoms with Gasteiger partial charge in [0.1, 0.15) is 5.82 Å². The van der Waals surface area contributed by atoms with E-state index in [1.165, 1.54) is 11.5 Å². The van der Waals surface area contributed by atoms with Gasteiger partial charge in [0.25, 0.3) is 0 Å². The second-order valence-corrected chi connectivity index (χ2v) is 4.68. The van der Waals surface area contributed by atoms with Gasteiger partial charge in [-0.25, -0.2) is 4.39 Å². The van der Waals surface area contributed by atoms with E-state index >= 15 is 0 Å². The summed E-state index contributed by atoms with van der Waals surface area (Å²) in [6.07, 6.45) is 1.92. The van der Waals surface area contributed by atoms with Gasteiger partial charge < -0.3 is 10.3 Å². The number of anilines is 1. The molecule has 0 saturated heterocycles. The first-order chi connectivity index (χ1) is 9.24. The molecule has 0 unspecified atom stereocenters. The van der Waals surface area contributed by atoms with Crippen molar-refractivity contribution in [3.8, 4) is 0 Å². The van der Waals surface area contributed by atoms with E-state index in [9.17, 15) is 4.39 Å².